The minimum atomic E-state index is 0.0794. The topological polar surface area (TPSA) is 34.4 Å². The van der Waals surface area contributed by atoms with E-state index < -0.39 is 0 Å². The zero-order chi connectivity index (χ0) is 14.7. The van der Waals surface area contributed by atoms with E-state index in [0.717, 1.165) is 29.7 Å². The number of benzene rings is 2. The average Bonchev–Trinajstić information content (AvgIpc) is 2.91. The summed E-state index contributed by atoms with van der Waals surface area (Å²) in [7, 11) is 1.68. The van der Waals surface area contributed by atoms with Crippen molar-refractivity contribution in [3.8, 4) is 5.75 Å². The molecule has 0 aliphatic heterocycles. The van der Waals surface area contributed by atoms with Crippen LogP contribution >= 0.6 is 0 Å². The molecule has 0 spiro atoms. The van der Waals surface area contributed by atoms with E-state index >= 15 is 0 Å². The van der Waals surface area contributed by atoms with Crippen LogP contribution in [0, 0.1) is 0 Å². The molecule has 0 aliphatic carbocycles. The number of nitrogens with zero attached hydrogens (tertiary/aromatic N) is 1. The quantitative estimate of drug-likeness (QED) is 0.778. The van der Waals surface area contributed by atoms with Crippen molar-refractivity contribution in [1.29, 1.82) is 0 Å². The maximum atomic E-state index is 9.46. The number of aliphatic hydroxyl groups excluding tert-OH is 1. The Kier molecular flexibility index (Phi) is 3.93. The van der Waals surface area contributed by atoms with Crippen LogP contribution in [0.2, 0.25) is 0 Å². The molecule has 0 amide bonds. The second kappa shape index (κ2) is 6.02. The van der Waals surface area contributed by atoms with Crippen molar-refractivity contribution < 1.29 is 9.84 Å². The summed E-state index contributed by atoms with van der Waals surface area (Å²) in [4.78, 5) is 0. The Labute approximate surface area is 124 Å². The highest BCUT2D eigenvalue weighted by atomic mass is 16.5. The zero-order valence-corrected chi connectivity index (χ0v) is 12.1. The molecule has 0 radical (unpaired) electrons. The zero-order valence-electron chi connectivity index (χ0n) is 12.1. The van der Waals surface area contributed by atoms with E-state index in [-0.39, 0.29) is 6.61 Å². The number of ether oxygens (including phenoxy) is 1. The van der Waals surface area contributed by atoms with Crippen molar-refractivity contribution in [3.63, 3.8) is 0 Å². The first kappa shape index (κ1) is 13.7. The van der Waals surface area contributed by atoms with Gasteiger partial charge in [-0.05, 0) is 30.2 Å². The lowest BCUT2D eigenvalue weighted by molar-refractivity contribution is 0.283. The lowest BCUT2D eigenvalue weighted by Crippen LogP contribution is -1.99. The predicted molar refractivity (Wildman–Crippen MR) is 84.6 cm³/mol. The first-order valence-corrected chi connectivity index (χ1v) is 7.12. The maximum absolute atomic E-state index is 9.46. The van der Waals surface area contributed by atoms with Gasteiger partial charge in [-0.2, -0.15) is 0 Å². The molecule has 0 saturated carbocycles. The van der Waals surface area contributed by atoms with Gasteiger partial charge in [-0.25, -0.2) is 0 Å². The highest BCUT2D eigenvalue weighted by Crippen LogP contribution is 2.22. The number of aromatic nitrogens is 1. The van der Waals surface area contributed by atoms with Gasteiger partial charge in [-0.3, -0.25) is 0 Å². The molecule has 1 N–H and O–H groups in total. The van der Waals surface area contributed by atoms with Gasteiger partial charge in [0.15, 0.2) is 0 Å². The van der Waals surface area contributed by atoms with Crippen molar-refractivity contribution in [2.24, 2.45) is 0 Å². The van der Waals surface area contributed by atoms with Gasteiger partial charge in [-0.15, -0.1) is 0 Å². The van der Waals surface area contributed by atoms with E-state index in [0.29, 0.717) is 0 Å². The van der Waals surface area contributed by atoms with Gasteiger partial charge < -0.3 is 14.4 Å². The molecule has 1 aromatic heterocycles. The van der Waals surface area contributed by atoms with Gasteiger partial charge in [0.1, 0.15) is 5.75 Å². The van der Waals surface area contributed by atoms with Gasteiger partial charge in [0.25, 0.3) is 0 Å². The van der Waals surface area contributed by atoms with Crippen LogP contribution in [0.15, 0.2) is 54.7 Å². The maximum Gasteiger partial charge on any atom is 0.118 e. The SMILES string of the molecule is COc1ccc(CCn2cc(CO)c3ccccc32)cc1. The second-order valence-electron chi connectivity index (χ2n) is 5.12. The minimum Gasteiger partial charge on any atom is -0.497 e. The summed E-state index contributed by atoms with van der Waals surface area (Å²) in [5.41, 5.74) is 3.44. The Balaban J connectivity index is 1.81. The fourth-order valence-corrected chi connectivity index (χ4v) is 2.68. The molecule has 0 aliphatic rings. The van der Waals surface area contributed by atoms with Crippen LogP contribution in [0.4, 0.5) is 0 Å². The molecule has 2 aromatic carbocycles. The summed E-state index contributed by atoms with van der Waals surface area (Å²) < 4.78 is 7.39. The standard InChI is InChI=1S/C18H19NO2/c1-21-16-8-6-14(7-9-16)10-11-19-12-15(13-20)17-4-2-3-5-18(17)19/h2-9,12,20H,10-11,13H2,1H3. The number of rotatable bonds is 5. The van der Waals surface area contributed by atoms with E-state index in [4.69, 9.17) is 4.74 Å². The Hall–Kier alpha value is -2.26. The van der Waals surface area contributed by atoms with E-state index in [9.17, 15) is 5.11 Å². The summed E-state index contributed by atoms with van der Waals surface area (Å²) in [6.45, 7) is 0.975. The Morgan fingerprint density at radius 2 is 1.81 bits per heavy atom. The fraction of sp³-hybridized carbons (Fsp3) is 0.222. The highest BCUT2D eigenvalue weighted by molar-refractivity contribution is 5.83. The molecule has 0 atom stereocenters. The smallest absolute Gasteiger partial charge is 0.118 e. The number of hydrogen-bond acceptors (Lipinski definition) is 2. The third-order valence-corrected chi connectivity index (χ3v) is 3.84. The van der Waals surface area contributed by atoms with Crippen LogP contribution < -0.4 is 4.74 Å². The number of para-hydroxylation sites is 1. The van der Waals surface area contributed by atoms with Crippen molar-refractivity contribution >= 4 is 10.9 Å². The van der Waals surface area contributed by atoms with Crippen LogP contribution in [0.5, 0.6) is 5.75 Å². The van der Waals surface area contributed by atoms with Gasteiger partial charge in [0.2, 0.25) is 0 Å². The van der Waals surface area contributed by atoms with Crippen molar-refractivity contribution in [3.05, 3.63) is 65.9 Å². The Bertz CT molecular complexity index is 729. The first-order chi connectivity index (χ1) is 10.3. The number of methoxy groups -OCH3 is 1. The predicted octanol–water partition coefficient (Wildman–Crippen LogP) is 3.38. The summed E-state index contributed by atoms with van der Waals surface area (Å²) in [6, 6.07) is 16.4. The van der Waals surface area contributed by atoms with E-state index in [1.807, 2.05) is 30.5 Å². The molecular formula is C18H19NO2. The molecule has 0 fully saturated rings. The monoisotopic (exact) mass is 281 g/mol. The molecule has 0 saturated heterocycles. The molecule has 108 valence electrons. The summed E-state index contributed by atoms with van der Waals surface area (Å²) in [5, 5.41) is 10.6. The van der Waals surface area contributed by atoms with Gasteiger partial charge >= 0.3 is 0 Å². The summed E-state index contributed by atoms with van der Waals surface area (Å²) >= 11 is 0. The number of aliphatic hydroxyl groups is 1. The number of fused-ring (bicyclic) bond motifs is 1. The Morgan fingerprint density at radius 3 is 2.52 bits per heavy atom. The third kappa shape index (κ3) is 2.78. The number of hydrogen-bond donors (Lipinski definition) is 1. The molecule has 3 aromatic rings. The van der Waals surface area contributed by atoms with Crippen LogP contribution in [0.25, 0.3) is 10.9 Å². The lowest BCUT2D eigenvalue weighted by Gasteiger charge is -2.06. The summed E-state index contributed by atoms with van der Waals surface area (Å²) in [6.07, 6.45) is 3.00. The van der Waals surface area contributed by atoms with Crippen LogP contribution in [0.3, 0.4) is 0 Å². The van der Waals surface area contributed by atoms with Gasteiger partial charge in [-0.1, -0.05) is 30.3 Å². The van der Waals surface area contributed by atoms with Gasteiger partial charge in [0.05, 0.1) is 13.7 Å². The van der Waals surface area contributed by atoms with E-state index in [1.54, 1.807) is 7.11 Å². The molecule has 3 nitrogen and oxygen atoms in total. The molecule has 0 unspecified atom stereocenters. The second-order valence-corrected chi connectivity index (χ2v) is 5.12. The molecular weight excluding hydrogens is 262 g/mol. The highest BCUT2D eigenvalue weighted by Gasteiger charge is 2.07. The number of aryl methyl sites for hydroxylation is 2. The van der Waals surface area contributed by atoms with E-state index in [1.165, 1.54) is 11.1 Å². The largest absolute Gasteiger partial charge is 0.497 e. The first-order valence-electron chi connectivity index (χ1n) is 7.12. The Morgan fingerprint density at radius 1 is 1.05 bits per heavy atom. The van der Waals surface area contributed by atoms with Crippen LogP contribution in [-0.4, -0.2) is 16.8 Å². The van der Waals surface area contributed by atoms with Gasteiger partial charge in [0, 0.05) is 29.2 Å². The molecule has 21 heavy (non-hydrogen) atoms. The molecule has 1 heterocycles. The minimum absolute atomic E-state index is 0.0794. The van der Waals surface area contributed by atoms with Crippen LogP contribution in [-0.2, 0) is 19.6 Å². The molecule has 0 bridgehead atoms. The van der Waals surface area contributed by atoms with Crippen LogP contribution in [0.1, 0.15) is 11.1 Å². The fourth-order valence-electron chi connectivity index (χ4n) is 2.68. The summed E-state index contributed by atoms with van der Waals surface area (Å²) in [5.74, 6) is 0.882. The van der Waals surface area contributed by atoms with Crippen molar-refractivity contribution in [2.45, 2.75) is 19.6 Å². The van der Waals surface area contributed by atoms with Crippen molar-refractivity contribution in [1.82, 2.24) is 4.57 Å². The molecule has 3 rings (SSSR count). The normalized spacial score (nSPS) is 11.0. The lowest BCUT2D eigenvalue weighted by atomic mass is 10.1. The average molecular weight is 281 g/mol. The van der Waals surface area contributed by atoms with E-state index in [2.05, 4.69) is 28.8 Å². The van der Waals surface area contributed by atoms with Crippen molar-refractivity contribution in [2.75, 3.05) is 7.11 Å². The molecule has 3 heteroatoms. The third-order valence-electron chi connectivity index (χ3n) is 3.84.